The molecule has 1 amide bonds. The smallest absolute Gasteiger partial charge is 0.286 e. The van der Waals surface area contributed by atoms with E-state index in [4.69, 9.17) is 19.0 Å². The van der Waals surface area contributed by atoms with Gasteiger partial charge in [0.2, 0.25) is 6.29 Å². The molecule has 3 N–H and O–H groups in total. The molecule has 188 valence electrons. The van der Waals surface area contributed by atoms with Gasteiger partial charge in [-0.25, -0.2) is 0 Å². The molecule has 0 unspecified atom stereocenters. The van der Waals surface area contributed by atoms with E-state index in [1.54, 1.807) is 30.3 Å². The Morgan fingerprint density at radius 2 is 1.89 bits per heavy atom. The molecule has 1 aromatic heterocycles. The molecule has 2 aromatic carbocycles. The standard InChI is InChI=1S/C28H29NO7/c30-11-5-6-12-34-25-15-18(21-16-35-23-10-4-3-9-20(23)27(21)32)14-24(36-25)28(33)29-26-19-8-2-1-7-17(19)13-22(26)31/h1-4,7-10,14,16,18,22,25-26,30-31H,5-6,11-13,15H2,(H,29,33)/t18-,22-,25+,26+/m1/s1. The fourth-order valence-electron chi connectivity index (χ4n) is 4.87. The van der Waals surface area contributed by atoms with Crippen molar-refractivity contribution in [2.45, 2.75) is 50.0 Å². The van der Waals surface area contributed by atoms with E-state index in [0.29, 0.717) is 48.8 Å². The maximum Gasteiger partial charge on any atom is 0.286 e. The first-order valence-electron chi connectivity index (χ1n) is 12.2. The minimum absolute atomic E-state index is 0.0301. The van der Waals surface area contributed by atoms with E-state index in [9.17, 15) is 14.7 Å². The molecule has 36 heavy (non-hydrogen) atoms. The Morgan fingerprint density at radius 3 is 2.75 bits per heavy atom. The van der Waals surface area contributed by atoms with E-state index in [1.165, 1.54) is 6.26 Å². The third-order valence-electron chi connectivity index (χ3n) is 6.73. The molecule has 0 spiro atoms. The molecule has 0 saturated heterocycles. The summed E-state index contributed by atoms with van der Waals surface area (Å²) in [4.78, 5) is 26.5. The lowest BCUT2D eigenvalue weighted by atomic mass is 9.93. The summed E-state index contributed by atoms with van der Waals surface area (Å²) in [5.74, 6) is -0.930. The van der Waals surface area contributed by atoms with Crippen LogP contribution in [-0.2, 0) is 20.7 Å². The van der Waals surface area contributed by atoms with Gasteiger partial charge in [0.05, 0.1) is 30.4 Å². The average Bonchev–Trinajstić information content (AvgIpc) is 3.21. The van der Waals surface area contributed by atoms with Crippen molar-refractivity contribution in [3.63, 3.8) is 0 Å². The van der Waals surface area contributed by atoms with Crippen molar-refractivity contribution < 1.29 is 28.9 Å². The molecule has 0 saturated carbocycles. The summed E-state index contributed by atoms with van der Waals surface area (Å²) >= 11 is 0. The number of aliphatic hydroxyl groups is 2. The number of allylic oxidation sites excluding steroid dienone is 1. The van der Waals surface area contributed by atoms with Crippen LogP contribution >= 0.6 is 0 Å². The molecule has 4 atom stereocenters. The molecule has 8 nitrogen and oxygen atoms in total. The van der Waals surface area contributed by atoms with E-state index in [-0.39, 0.29) is 17.8 Å². The summed E-state index contributed by atoms with van der Waals surface area (Å²) in [5, 5.41) is 23.0. The Labute approximate surface area is 208 Å². The molecule has 5 rings (SSSR count). The highest BCUT2D eigenvalue weighted by molar-refractivity contribution is 5.92. The molecule has 2 heterocycles. The topological polar surface area (TPSA) is 118 Å². The molecule has 3 aromatic rings. The molecule has 0 radical (unpaired) electrons. The van der Waals surface area contributed by atoms with Crippen molar-refractivity contribution in [2.24, 2.45) is 0 Å². The van der Waals surface area contributed by atoms with E-state index in [1.807, 2.05) is 24.3 Å². The predicted octanol–water partition coefficient (Wildman–Crippen LogP) is 3.07. The Kier molecular flexibility index (Phi) is 7.18. The van der Waals surface area contributed by atoms with Crippen LogP contribution in [-0.4, -0.2) is 41.7 Å². The maximum absolute atomic E-state index is 13.3. The van der Waals surface area contributed by atoms with E-state index in [2.05, 4.69) is 5.32 Å². The van der Waals surface area contributed by atoms with Crippen LogP contribution < -0.4 is 10.7 Å². The first-order chi connectivity index (χ1) is 17.5. The molecule has 2 aliphatic rings. The zero-order valence-corrected chi connectivity index (χ0v) is 19.8. The van der Waals surface area contributed by atoms with Crippen molar-refractivity contribution in [1.29, 1.82) is 0 Å². The van der Waals surface area contributed by atoms with Gasteiger partial charge in [-0.05, 0) is 42.2 Å². The van der Waals surface area contributed by atoms with Crippen LogP contribution in [0.5, 0.6) is 0 Å². The maximum atomic E-state index is 13.3. The molecular formula is C28H29NO7. The van der Waals surface area contributed by atoms with E-state index in [0.717, 1.165) is 11.1 Å². The van der Waals surface area contributed by atoms with Gasteiger partial charge in [-0.1, -0.05) is 36.4 Å². The second-order valence-electron chi connectivity index (χ2n) is 9.16. The highest BCUT2D eigenvalue weighted by atomic mass is 16.7. The average molecular weight is 492 g/mol. The highest BCUT2D eigenvalue weighted by Crippen LogP contribution is 2.34. The van der Waals surface area contributed by atoms with Crippen LogP contribution in [0.3, 0.4) is 0 Å². The molecule has 8 heteroatoms. The first kappa shape index (κ1) is 24.2. The van der Waals surface area contributed by atoms with E-state index >= 15 is 0 Å². The van der Waals surface area contributed by atoms with E-state index < -0.39 is 30.3 Å². The van der Waals surface area contributed by atoms with Crippen molar-refractivity contribution in [3.05, 3.63) is 93.5 Å². The van der Waals surface area contributed by atoms with Crippen LogP contribution in [0.1, 0.15) is 47.9 Å². The second-order valence-corrected chi connectivity index (χ2v) is 9.16. The van der Waals surface area contributed by atoms with Gasteiger partial charge in [0.15, 0.2) is 11.2 Å². The number of unbranched alkanes of at least 4 members (excludes halogenated alkanes) is 1. The fraction of sp³-hybridized carbons (Fsp3) is 0.357. The number of benzene rings is 2. The lowest BCUT2D eigenvalue weighted by Crippen LogP contribution is -2.38. The molecule has 0 fully saturated rings. The number of carbonyl (C=O) groups is 1. The Hall–Kier alpha value is -3.46. The molecular weight excluding hydrogens is 462 g/mol. The van der Waals surface area contributed by atoms with Crippen molar-refractivity contribution in [2.75, 3.05) is 13.2 Å². The Morgan fingerprint density at radius 1 is 1.08 bits per heavy atom. The summed E-state index contributed by atoms with van der Waals surface area (Å²) < 4.78 is 17.5. The summed E-state index contributed by atoms with van der Waals surface area (Å²) in [6, 6.07) is 14.1. The zero-order chi connectivity index (χ0) is 25.1. The van der Waals surface area contributed by atoms with Crippen LogP contribution in [0.25, 0.3) is 11.0 Å². The van der Waals surface area contributed by atoms with Crippen LogP contribution in [0.2, 0.25) is 0 Å². The second kappa shape index (κ2) is 10.7. The van der Waals surface area contributed by atoms with Gasteiger partial charge < -0.3 is 29.4 Å². The largest absolute Gasteiger partial charge is 0.464 e. The predicted molar refractivity (Wildman–Crippen MR) is 132 cm³/mol. The van der Waals surface area contributed by atoms with Gasteiger partial charge >= 0.3 is 0 Å². The quantitative estimate of drug-likeness (QED) is 0.415. The molecule has 0 bridgehead atoms. The van der Waals surface area contributed by atoms with Crippen molar-refractivity contribution in [1.82, 2.24) is 5.32 Å². The van der Waals surface area contributed by atoms with Gasteiger partial charge in [-0.2, -0.15) is 0 Å². The van der Waals surface area contributed by atoms with Gasteiger partial charge in [-0.3, -0.25) is 9.59 Å². The van der Waals surface area contributed by atoms with Gasteiger partial charge in [0.1, 0.15) is 5.58 Å². The fourth-order valence-corrected chi connectivity index (χ4v) is 4.87. The summed E-state index contributed by atoms with van der Waals surface area (Å²) in [7, 11) is 0. The third kappa shape index (κ3) is 4.93. The van der Waals surface area contributed by atoms with Crippen LogP contribution in [0.4, 0.5) is 0 Å². The number of ether oxygens (including phenoxy) is 2. The monoisotopic (exact) mass is 491 g/mol. The number of fused-ring (bicyclic) bond motifs is 2. The zero-order valence-electron chi connectivity index (χ0n) is 19.8. The minimum Gasteiger partial charge on any atom is -0.464 e. The number of amides is 1. The van der Waals surface area contributed by atoms with Crippen molar-refractivity contribution in [3.8, 4) is 0 Å². The Bertz CT molecular complexity index is 1330. The van der Waals surface area contributed by atoms with Gasteiger partial charge in [0, 0.05) is 30.9 Å². The number of para-hydroxylation sites is 1. The summed E-state index contributed by atoms with van der Waals surface area (Å²) in [6.45, 7) is 0.405. The number of nitrogens with one attached hydrogen (secondary N) is 1. The number of hydrogen-bond donors (Lipinski definition) is 3. The van der Waals surface area contributed by atoms with Crippen molar-refractivity contribution >= 4 is 16.9 Å². The summed E-state index contributed by atoms with van der Waals surface area (Å²) in [5.41, 5.74) is 2.60. The highest BCUT2D eigenvalue weighted by Gasteiger charge is 2.35. The number of rotatable bonds is 8. The van der Waals surface area contributed by atoms with Gasteiger partial charge in [-0.15, -0.1) is 0 Å². The number of hydrogen-bond acceptors (Lipinski definition) is 7. The number of carbonyl (C=O) groups excluding carboxylic acids is 1. The van der Waals surface area contributed by atoms with Crippen LogP contribution in [0, 0.1) is 0 Å². The third-order valence-corrected chi connectivity index (χ3v) is 6.73. The summed E-state index contributed by atoms with van der Waals surface area (Å²) in [6.07, 6.45) is 3.56. The lowest BCUT2D eigenvalue weighted by Gasteiger charge is -2.29. The number of aliphatic hydroxyl groups excluding tert-OH is 2. The SMILES string of the molecule is O=C(N[C@H]1c2ccccc2C[C@H]1O)C1=C[C@@H](c2coc3ccccc3c2=O)C[C@@H](OCCCCO)O1. The first-order valence-corrected chi connectivity index (χ1v) is 12.2. The molecule has 1 aliphatic heterocycles. The Balaban J connectivity index is 1.42. The van der Waals surface area contributed by atoms with Gasteiger partial charge in [0.25, 0.3) is 5.91 Å². The lowest BCUT2D eigenvalue weighted by molar-refractivity contribution is -0.147. The molecule has 1 aliphatic carbocycles. The normalized spacial score (nSPS) is 23.1. The minimum atomic E-state index is -0.758. The van der Waals surface area contributed by atoms with Crippen LogP contribution in [0.15, 0.2) is 75.8 Å².